The van der Waals surface area contributed by atoms with Crippen molar-refractivity contribution in [2.45, 2.75) is 23.5 Å². The lowest BCUT2D eigenvalue weighted by molar-refractivity contribution is -0.116. The lowest BCUT2D eigenvalue weighted by Gasteiger charge is -2.17. The molecule has 0 saturated carbocycles. The molecule has 1 aliphatic rings. The van der Waals surface area contributed by atoms with Crippen LogP contribution in [0.4, 0.5) is 5.69 Å². The zero-order valence-corrected chi connectivity index (χ0v) is 13.5. The van der Waals surface area contributed by atoms with E-state index >= 15 is 0 Å². The first-order valence-electron chi connectivity index (χ1n) is 6.99. The molecular formula is C15H16N2O3S2. The van der Waals surface area contributed by atoms with Crippen LogP contribution in [0.1, 0.15) is 17.5 Å². The fraction of sp³-hybridized carbons (Fsp3) is 0.267. The van der Waals surface area contributed by atoms with Crippen molar-refractivity contribution in [1.82, 2.24) is 4.72 Å². The standard InChI is InChI=1S/C15H16N2O3S2/c18-14-6-4-12-10-11(3-5-13(12)17-14)7-8-16-22(19,20)15-2-1-9-21-15/h1-3,5,9-10,16H,4,6-8H2,(H,17,18). The Morgan fingerprint density at radius 2 is 2.09 bits per heavy atom. The van der Waals surface area contributed by atoms with Crippen molar-refractivity contribution in [3.63, 3.8) is 0 Å². The Labute approximate surface area is 133 Å². The van der Waals surface area contributed by atoms with Gasteiger partial charge in [-0.25, -0.2) is 13.1 Å². The Morgan fingerprint density at radius 1 is 1.23 bits per heavy atom. The Morgan fingerprint density at radius 3 is 2.86 bits per heavy atom. The normalized spacial score (nSPS) is 14.5. The second-order valence-corrected chi connectivity index (χ2v) is 8.06. The highest BCUT2D eigenvalue weighted by Gasteiger charge is 2.16. The zero-order chi connectivity index (χ0) is 15.6. The monoisotopic (exact) mass is 336 g/mol. The molecule has 2 N–H and O–H groups in total. The van der Waals surface area contributed by atoms with Gasteiger partial charge in [-0.2, -0.15) is 0 Å². The minimum Gasteiger partial charge on any atom is -0.326 e. The third-order valence-corrected chi connectivity index (χ3v) is 6.39. The first-order valence-corrected chi connectivity index (χ1v) is 9.36. The van der Waals surface area contributed by atoms with Crippen LogP contribution in [0.2, 0.25) is 0 Å². The van der Waals surface area contributed by atoms with E-state index in [0.717, 1.165) is 23.2 Å². The molecule has 1 amide bonds. The maximum Gasteiger partial charge on any atom is 0.250 e. The minimum absolute atomic E-state index is 0.0453. The Bertz CT molecular complexity index is 783. The number of fused-ring (bicyclic) bond motifs is 1. The van der Waals surface area contributed by atoms with E-state index in [0.29, 0.717) is 23.6 Å². The quantitative estimate of drug-likeness (QED) is 0.878. The summed E-state index contributed by atoms with van der Waals surface area (Å²) in [5.41, 5.74) is 3.03. The van der Waals surface area contributed by atoms with Gasteiger partial charge in [-0.1, -0.05) is 18.2 Å². The van der Waals surface area contributed by atoms with Crippen molar-refractivity contribution in [2.75, 3.05) is 11.9 Å². The van der Waals surface area contributed by atoms with Gasteiger partial charge in [0.25, 0.3) is 0 Å². The van der Waals surface area contributed by atoms with Crippen molar-refractivity contribution >= 4 is 33.0 Å². The van der Waals surface area contributed by atoms with Crippen LogP contribution in [0.3, 0.4) is 0 Å². The molecule has 2 aromatic rings. The highest BCUT2D eigenvalue weighted by molar-refractivity contribution is 7.91. The van der Waals surface area contributed by atoms with Crippen molar-refractivity contribution in [1.29, 1.82) is 0 Å². The summed E-state index contributed by atoms with van der Waals surface area (Å²) in [7, 11) is -3.40. The number of benzene rings is 1. The number of sulfonamides is 1. The summed E-state index contributed by atoms with van der Waals surface area (Å²) in [5.74, 6) is 0.0453. The third kappa shape index (κ3) is 3.37. The van der Waals surface area contributed by atoms with Gasteiger partial charge in [-0.3, -0.25) is 4.79 Å². The molecule has 1 aliphatic heterocycles. The van der Waals surface area contributed by atoms with Crippen LogP contribution in [0.15, 0.2) is 39.9 Å². The molecule has 0 radical (unpaired) electrons. The summed E-state index contributed by atoms with van der Waals surface area (Å²) < 4.78 is 27.0. The molecule has 0 bridgehead atoms. The molecule has 0 unspecified atom stereocenters. The number of thiophene rings is 1. The number of nitrogens with one attached hydrogen (secondary N) is 2. The summed E-state index contributed by atoms with van der Waals surface area (Å²) in [6.07, 6.45) is 1.85. The largest absolute Gasteiger partial charge is 0.326 e. The SMILES string of the molecule is O=C1CCc2cc(CCNS(=O)(=O)c3cccs3)ccc2N1. The van der Waals surface area contributed by atoms with Gasteiger partial charge in [0.05, 0.1) is 0 Å². The Hall–Kier alpha value is -1.70. The van der Waals surface area contributed by atoms with Crippen molar-refractivity contribution in [3.8, 4) is 0 Å². The van der Waals surface area contributed by atoms with Gasteiger partial charge in [-0.05, 0) is 41.5 Å². The molecule has 1 aromatic carbocycles. The van der Waals surface area contributed by atoms with Gasteiger partial charge >= 0.3 is 0 Å². The number of carbonyl (C=O) groups is 1. The Kier molecular flexibility index (Phi) is 4.28. The topological polar surface area (TPSA) is 75.3 Å². The predicted octanol–water partition coefficient (Wildman–Crippen LogP) is 2.15. The fourth-order valence-electron chi connectivity index (χ4n) is 2.41. The van der Waals surface area contributed by atoms with Crippen LogP contribution in [0.25, 0.3) is 0 Å². The van der Waals surface area contributed by atoms with Gasteiger partial charge < -0.3 is 5.32 Å². The van der Waals surface area contributed by atoms with E-state index in [1.807, 2.05) is 18.2 Å². The fourth-order valence-corrected chi connectivity index (χ4v) is 4.48. The van der Waals surface area contributed by atoms with E-state index in [1.54, 1.807) is 17.5 Å². The molecule has 116 valence electrons. The molecule has 0 saturated heterocycles. The summed E-state index contributed by atoms with van der Waals surface area (Å²) in [5, 5.41) is 4.58. The van der Waals surface area contributed by atoms with Crippen LogP contribution >= 0.6 is 11.3 Å². The smallest absolute Gasteiger partial charge is 0.250 e. The number of rotatable bonds is 5. The average Bonchev–Trinajstić information content (AvgIpc) is 3.02. The zero-order valence-electron chi connectivity index (χ0n) is 11.8. The molecule has 0 aliphatic carbocycles. The predicted molar refractivity (Wildman–Crippen MR) is 86.6 cm³/mol. The lowest BCUT2D eigenvalue weighted by Crippen LogP contribution is -2.25. The van der Waals surface area contributed by atoms with Gasteiger partial charge in [0.2, 0.25) is 15.9 Å². The molecule has 5 nitrogen and oxygen atoms in total. The van der Waals surface area contributed by atoms with E-state index in [-0.39, 0.29) is 5.91 Å². The van der Waals surface area contributed by atoms with Crippen molar-refractivity contribution < 1.29 is 13.2 Å². The highest BCUT2D eigenvalue weighted by atomic mass is 32.2. The second-order valence-electron chi connectivity index (χ2n) is 5.12. The second kappa shape index (κ2) is 6.20. The summed E-state index contributed by atoms with van der Waals surface area (Å²) >= 11 is 1.20. The van der Waals surface area contributed by atoms with E-state index in [1.165, 1.54) is 11.3 Å². The lowest BCUT2D eigenvalue weighted by atomic mass is 9.99. The van der Waals surface area contributed by atoms with Gasteiger partial charge in [0.15, 0.2) is 0 Å². The number of carbonyl (C=O) groups excluding carboxylic acids is 1. The summed E-state index contributed by atoms with van der Waals surface area (Å²) in [6, 6.07) is 9.15. The number of amides is 1. The van der Waals surface area contributed by atoms with E-state index < -0.39 is 10.0 Å². The third-order valence-electron chi connectivity index (χ3n) is 3.53. The molecule has 1 aromatic heterocycles. The van der Waals surface area contributed by atoms with Crippen LogP contribution in [-0.2, 0) is 27.7 Å². The number of hydrogen-bond donors (Lipinski definition) is 2. The highest BCUT2D eigenvalue weighted by Crippen LogP contribution is 2.23. The molecule has 7 heteroatoms. The molecule has 3 rings (SSSR count). The summed E-state index contributed by atoms with van der Waals surface area (Å²) in [4.78, 5) is 11.3. The molecule has 22 heavy (non-hydrogen) atoms. The van der Waals surface area contributed by atoms with Gasteiger partial charge in [0.1, 0.15) is 4.21 Å². The first kappa shape index (κ1) is 15.2. The maximum absolute atomic E-state index is 12.0. The molecule has 2 heterocycles. The van der Waals surface area contributed by atoms with Crippen LogP contribution in [0.5, 0.6) is 0 Å². The van der Waals surface area contributed by atoms with E-state index in [2.05, 4.69) is 10.0 Å². The van der Waals surface area contributed by atoms with E-state index in [9.17, 15) is 13.2 Å². The van der Waals surface area contributed by atoms with Crippen molar-refractivity contribution in [3.05, 3.63) is 46.8 Å². The summed E-state index contributed by atoms with van der Waals surface area (Å²) in [6.45, 7) is 0.353. The van der Waals surface area contributed by atoms with Crippen LogP contribution in [-0.4, -0.2) is 20.9 Å². The van der Waals surface area contributed by atoms with Gasteiger partial charge in [0, 0.05) is 18.7 Å². The molecular weight excluding hydrogens is 320 g/mol. The maximum atomic E-state index is 12.0. The first-order chi connectivity index (χ1) is 10.5. The van der Waals surface area contributed by atoms with Crippen molar-refractivity contribution in [2.24, 2.45) is 0 Å². The minimum atomic E-state index is -3.40. The molecule has 0 spiro atoms. The van der Waals surface area contributed by atoms with Crippen LogP contribution in [0, 0.1) is 0 Å². The van der Waals surface area contributed by atoms with E-state index in [4.69, 9.17) is 0 Å². The number of hydrogen-bond acceptors (Lipinski definition) is 4. The molecule has 0 atom stereocenters. The Balaban J connectivity index is 1.62. The van der Waals surface area contributed by atoms with Crippen LogP contribution < -0.4 is 10.0 Å². The average molecular weight is 336 g/mol. The van der Waals surface area contributed by atoms with Gasteiger partial charge in [-0.15, -0.1) is 11.3 Å². The number of anilines is 1. The number of aryl methyl sites for hydroxylation is 1. The molecule has 0 fully saturated rings.